The van der Waals surface area contributed by atoms with E-state index in [1.807, 2.05) is 65.7 Å². The average molecular weight is 578 g/mol. The molecule has 0 bridgehead atoms. The number of benzene rings is 2. The van der Waals surface area contributed by atoms with Gasteiger partial charge in [0.1, 0.15) is 6.54 Å². The monoisotopic (exact) mass is 577 g/mol. The van der Waals surface area contributed by atoms with Crippen LogP contribution < -0.4 is 0 Å². The maximum Gasteiger partial charge on any atom is 0.254 e. The van der Waals surface area contributed by atoms with Gasteiger partial charge >= 0.3 is 0 Å². The molecule has 0 radical (unpaired) electrons. The van der Waals surface area contributed by atoms with Crippen molar-refractivity contribution in [1.29, 1.82) is 0 Å². The lowest BCUT2D eigenvalue weighted by molar-refractivity contribution is -0.136. The summed E-state index contributed by atoms with van der Waals surface area (Å²) in [6.07, 6.45) is 7.43. The highest BCUT2D eigenvalue weighted by Crippen LogP contribution is 2.26. The highest BCUT2D eigenvalue weighted by molar-refractivity contribution is 6.31. The second kappa shape index (κ2) is 14.2. The summed E-state index contributed by atoms with van der Waals surface area (Å²) >= 11 is 6.46. The van der Waals surface area contributed by atoms with Crippen molar-refractivity contribution >= 4 is 23.4 Å². The van der Waals surface area contributed by atoms with E-state index in [1.165, 1.54) is 6.42 Å². The first-order valence-corrected chi connectivity index (χ1v) is 15.1. The van der Waals surface area contributed by atoms with Crippen molar-refractivity contribution in [3.63, 3.8) is 0 Å². The SMILES string of the molecule is COCCN(CC(=O)N(Cc1cccn1Cc1ccccc1Cl)C1CCCCC1)C(=O)c1ccc(C(C)(C)C)cc1. The molecular weight excluding hydrogens is 534 g/mol. The molecular formula is C34H44ClN3O3. The number of halogens is 1. The number of hydrogen-bond donors (Lipinski definition) is 0. The van der Waals surface area contributed by atoms with E-state index in [1.54, 1.807) is 12.0 Å². The minimum absolute atomic E-state index is 0.00269. The second-order valence-electron chi connectivity index (χ2n) is 12.1. The number of carbonyl (C=O) groups is 2. The van der Waals surface area contributed by atoms with Crippen LogP contribution in [0.2, 0.25) is 5.02 Å². The Bertz CT molecular complexity index is 1290. The molecule has 7 heteroatoms. The number of carbonyl (C=O) groups excluding carboxylic acids is 2. The summed E-state index contributed by atoms with van der Waals surface area (Å²) in [5, 5.41) is 0.732. The Kier molecular flexibility index (Phi) is 10.7. The van der Waals surface area contributed by atoms with Crippen molar-refractivity contribution in [3.8, 4) is 0 Å². The highest BCUT2D eigenvalue weighted by atomic mass is 35.5. The van der Waals surface area contributed by atoms with E-state index >= 15 is 0 Å². The molecule has 0 saturated heterocycles. The Balaban J connectivity index is 1.55. The van der Waals surface area contributed by atoms with Gasteiger partial charge in [0.15, 0.2) is 0 Å². The fraction of sp³-hybridized carbons (Fsp3) is 0.471. The zero-order chi connectivity index (χ0) is 29.4. The third kappa shape index (κ3) is 8.23. The zero-order valence-corrected chi connectivity index (χ0v) is 25.7. The summed E-state index contributed by atoms with van der Waals surface area (Å²) in [7, 11) is 1.62. The normalized spacial score (nSPS) is 14.2. The molecule has 0 unspecified atom stereocenters. The summed E-state index contributed by atoms with van der Waals surface area (Å²) in [5.41, 5.74) is 3.83. The number of hydrogen-bond acceptors (Lipinski definition) is 3. The molecule has 1 aliphatic rings. The Morgan fingerprint density at radius 2 is 1.68 bits per heavy atom. The van der Waals surface area contributed by atoms with Crippen molar-refractivity contribution in [2.45, 2.75) is 77.4 Å². The van der Waals surface area contributed by atoms with Crippen LogP contribution in [-0.4, -0.2) is 59.0 Å². The first-order chi connectivity index (χ1) is 19.7. The lowest BCUT2D eigenvalue weighted by atomic mass is 9.86. The predicted octanol–water partition coefficient (Wildman–Crippen LogP) is 6.94. The van der Waals surface area contributed by atoms with Crippen molar-refractivity contribution < 1.29 is 14.3 Å². The molecule has 4 rings (SSSR count). The van der Waals surface area contributed by atoms with Crippen LogP contribution in [0.15, 0.2) is 66.9 Å². The molecule has 1 aliphatic carbocycles. The molecule has 1 saturated carbocycles. The molecule has 1 heterocycles. The van der Waals surface area contributed by atoms with Gasteiger partial charge < -0.3 is 19.1 Å². The molecule has 0 spiro atoms. The topological polar surface area (TPSA) is 54.8 Å². The van der Waals surface area contributed by atoms with Crippen LogP contribution >= 0.6 is 11.6 Å². The molecule has 2 aromatic carbocycles. The van der Waals surface area contributed by atoms with Crippen LogP contribution in [-0.2, 0) is 28.0 Å². The van der Waals surface area contributed by atoms with Gasteiger partial charge in [-0.25, -0.2) is 0 Å². The largest absolute Gasteiger partial charge is 0.383 e. The van der Waals surface area contributed by atoms with Crippen LogP contribution in [0.25, 0.3) is 0 Å². The fourth-order valence-electron chi connectivity index (χ4n) is 5.55. The van der Waals surface area contributed by atoms with Gasteiger partial charge in [0.25, 0.3) is 5.91 Å². The van der Waals surface area contributed by atoms with Gasteiger partial charge in [0, 0.05) is 48.7 Å². The number of aromatic nitrogens is 1. The molecule has 0 aliphatic heterocycles. The second-order valence-corrected chi connectivity index (χ2v) is 12.5. The lowest BCUT2D eigenvalue weighted by Gasteiger charge is -2.36. The van der Waals surface area contributed by atoms with Gasteiger partial charge in [-0.1, -0.05) is 82.0 Å². The molecule has 1 aromatic heterocycles. The lowest BCUT2D eigenvalue weighted by Crippen LogP contribution is -2.48. The van der Waals surface area contributed by atoms with Crippen molar-refractivity contribution in [2.75, 3.05) is 26.8 Å². The van der Waals surface area contributed by atoms with Gasteiger partial charge in [-0.2, -0.15) is 0 Å². The highest BCUT2D eigenvalue weighted by Gasteiger charge is 2.29. The van der Waals surface area contributed by atoms with Crippen LogP contribution in [0, 0.1) is 0 Å². The summed E-state index contributed by atoms with van der Waals surface area (Å²) in [4.78, 5) is 31.3. The van der Waals surface area contributed by atoms with E-state index in [4.69, 9.17) is 16.3 Å². The smallest absolute Gasteiger partial charge is 0.254 e. The molecule has 0 atom stereocenters. The van der Waals surface area contributed by atoms with Crippen molar-refractivity contribution in [3.05, 3.63) is 94.3 Å². The maximum atomic E-state index is 14.0. The number of amides is 2. The third-order valence-electron chi connectivity index (χ3n) is 8.07. The minimum Gasteiger partial charge on any atom is -0.383 e. The quantitative estimate of drug-likeness (QED) is 0.248. The van der Waals surface area contributed by atoms with Gasteiger partial charge in [0.2, 0.25) is 5.91 Å². The van der Waals surface area contributed by atoms with Crippen LogP contribution in [0.1, 0.15) is 80.1 Å². The van der Waals surface area contributed by atoms with E-state index in [2.05, 4.69) is 31.4 Å². The first-order valence-electron chi connectivity index (χ1n) is 14.7. The molecule has 220 valence electrons. The standard InChI is InChI=1S/C34H44ClN3O3/c1-34(2,3)28-18-16-26(17-19-28)33(40)37(21-22-41-4)25-32(39)38(29-12-6-5-7-13-29)24-30-14-10-20-36(30)23-27-11-8-9-15-31(27)35/h8-11,14-20,29H,5-7,12-13,21-25H2,1-4H3. The summed E-state index contributed by atoms with van der Waals surface area (Å²) in [6.45, 7) is 8.32. The van der Waals surface area contributed by atoms with Crippen LogP contribution in [0.3, 0.4) is 0 Å². The van der Waals surface area contributed by atoms with E-state index in [0.717, 1.165) is 47.5 Å². The van der Waals surface area contributed by atoms with Crippen molar-refractivity contribution in [1.82, 2.24) is 14.4 Å². The van der Waals surface area contributed by atoms with Gasteiger partial charge in [-0.15, -0.1) is 0 Å². The molecule has 0 N–H and O–H groups in total. The Labute approximate surface area is 250 Å². The van der Waals surface area contributed by atoms with Gasteiger partial charge in [-0.05, 0) is 59.7 Å². The molecule has 1 fully saturated rings. The Morgan fingerprint density at radius 1 is 0.976 bits per heavy atom. The Hall–Kier alpha value is -3.09. The first kappa shape index (κ1) is 30.9. The summed E-state index contributed by atoms with van der Waals surface area (Å²) in [6, 6.07) is 19.9. The van der Waals surface area contributed by atoms with E-state index in [0.29, 0.717) is 31.8 Å². The number of methoxy groups -OCH3 is 1. The molecule has 41 heavy (non-hydrogen) atoms. The number of nitrogens with zero attached hydrogens (tertiary/aromatic N) is 3. The predicted molar refractivity (Wildman–Crippen MR) is 165 cm³/mol. The van der Waals surface area contributed by atoms with Gasteiger partial charge in [-0.3, -0.25) is 9.59 Å². The minimum atomic E-state index is -0.151. The van der Waals surface area contributed by atoms with Crippen molar-refractivity contribution in [2.24, 2.45) is 0 Å². The van der Waals surface area contributed by atoms with Gasteiger partial charge in [0.05, 0.1) is 13.2 Å². The Morgan fingerprint density at radius 3 is 2.34 bits per heavy atom. The molecule has 2 amide bonds. The van der Waals surface area contributed by atoms with E-state index in [-0.39, 0.29) is 29.8 Å². The van der Waals surface area contributed by atoms with E-state index < -0.39 is 0 Å². The summed E-state index contributed by atoms with van der Waals surface area (Å²) in [5.74, 6) is -0.181. The molecule has 6 nitrogen and oxygen atoms in total. The summed E-state index contributed by atoms with van der Waals surface area (Å²) < 4.78 is 7.48. The molecule has 3 aromatic rings. The zero-order valence-electron chi connectivity index (χ0n) is 24.9. The van der Waals surface area contributed by atoms with Crippen LogP contribution in [0.5, 0.6) is 0 Å². The van der Waals surface area contributed by atoms with E-state index in [9.17, 15) is 9.59 Å². The number of ether oxygens (including phenoxy) is 1. The average Bonchev–Trinajstić information content (AvgIpc) is 3.41. The third-order valence-corrected chi connectivity index (χ3v) is 8.44. The maximum absolute atomic E-state index is 14.0. The fourth-order valence-corrected chi connectivity index (χ4v) is 5.74. The number of rotatable bonds is 11. The van der Waals surface area contributed by atoms with Crippen LogP contribution in [0.4, 0.5) is 0 Å².